The summed E-state index contributed by atoms with van der Waals surface area (Å²) in [5.74, 6) is -1.11. The summed E-state index contributed by atoms with van der Waals surface area (Å²) in [7, 11) is 0. The summed E-state index contributed by atoms with van der Waals surface area (Å²) in [5.41, 5.74) is 0.453. The van der Waals surface area contributed by atoms with Gasteiger partial charge >= 0.3 is 0 Å². The van der Waals surface area contributed by atoms with Crippen LogP contribution in [-0.4, -0.2) is 32.1 Å². The standard InChI is InChI=1S/C16H25F2NO2/c1-4-9-19-15(16(20-5-2)21-6-3)10-12-7-8-13(17)11-14(12)18/h7-8,11,15-16,19H,4-6,9-10H2,1-3H3. The molecule has 0 saturated heterocycles. The number of nitrogens with one attached hydrogen (secondary N) is 1. The van der Waals surface area contributed by atoms with Gasteiger partial charge < -0.3 is 14.8 Å². The molecule has 0 bridgehead atoms. The molecule has 1 atom stereocenters. The van der Waals surface area contributed by atoms with Gasteiger partial charge in [0.25, 0.3) is 0 Å². The predicted molar refractivity (Wildman–Crippen MR) is 79.2 cm³/mol. The molecule has 0 fully saturated rings. The van der Waals surface area contributed by atoms with Gasteiger partial charge in [-0.2, -0.15) is 0 Å². The number of hydrogen-bond acceptors (Lipinski definition) is 3. The second kappa shape index (κ2) is 9.82. The molecule has 1 aromatic rings. The second-order valence-corrected chi connectivity index (χ2v) is 4.78. The van der Waals surface area contributed by atoms with E-state index in [1.165, 1.54) is 12.1 Å². The van der Waals surface area contributed by atoms with E-state index < -0.39 is 17.9 Å². The minimum absolute atomic E-state index is 0.176. The lowest BCUT2D eigenvalue weighted by Crippen LogP contribution is -2.45. The Morgan fingerprint density at radius 2 is 1.76 bits per heavy atom. The molecule has 0 aliphatic heterocycles. The van der Waals surface area contributed by atoms with Crippen LogP contribution >= 0.6 is 0 Å². The Labute approximate surface area is 125 Å². The van der Waals surface area contributed by atoms with E-state index in [9.17, 15) is 8.78 Å². The highest BCUT2D eigenvalue weighted by Gasteiger charge is 2.23. The van der Waals surface area contributed by atoms with E-state index in [-0.39, 0.29) is 6.04 Å². The number of halogens is 2. The van der Waals surface area contributed by atoms with Crippen molar-refractivity contribution in [3.63, 3.8) is 0 Å². The summed E-state index contributed by atoms with van der Waals surface area (Å²) in [6.45, 7) is 7.65. The normalized spacial score (nSPS) is 12.9. The quantitative estimate of drug-likeness (QED) is 0.673. The van der Waals surface area contributed by atoms with Crippen molar-refractivity contribution in [3.05, 3.63) is 35.4 Å². The molecular weight excluding hydrogens is 276 g/mol. The first kappa shape index (κ1) is 18.0. The Kier molecular flexibility index (Phi) is 8.42. The van der Waals surface area contributed by atoms with Crippen LogP contribution in [0, 0.1) is 11.6 Å². The summed E-state index contributed by atoms with van der Waals surface area (Å²) < 4.78 is 38.0. The summed E-state index contributed by atoms with van der Waals surface area (Å²) in [6.07, 6.45) is 0.889. The lowest BCUT2D eigenvalue weighted by molar-refractivity contribution is -0.153. The fraction of sp³-hybridized carbons (Fsp3) is 0.625. The molecule has 0 spiro atoms. The average molecular weight is 301 g/mol. The van der Waals surface area contributed by atoms with Gasteiger partial charge in [-0.15, -0.1) is 0 Å². The molecule has 0 radical (unpaired) electrons. The van der Waals surface area contributed by atoms with E-state index in [0.717, 1.165) is 19.0 Å². The first-order valence-electron chi connectivity index (χ1n) is 7.52. The minimum atomic E-state index is -0.569. The largest absolute Gasteiger partial charge is 0.351 e. The second-order valence-electron chi connectivity index (χ2n) is 4.78. The van der Waals surface area contributed by atoms with Gasteiger partial charge in [-0.25, -0.2) is 8.78 Å². The van der Waals surface area contributed by atoms with Gasteiger partial charge in [0.1, 0.15) is 11.6 Å². The highest BCUT2D eigenvalue weighted by molar-refractivity contribution is 5.19. The molecule has 0 heterocycles. The molecule has 21 heavy (non-hydrogen) atoms. The van der Waals surface area contributed by atoms with E-state index in [1.807, 2.05) is 13.8 Å². The Morgan fingerprint density at radius 1 is 1.10 bits per heavy atom. The molecular formula is C16H25F2NO2. The van der Waals surface area contributed by atoms with Crippen LogP contribution in [0.1, 0.15) is 32.8 Å². The molecule has 1 rings (SSSR count). The maximum Gasteiger partial charge on any atom is 0.172 e. The predicted octanol–water partition coefficient (Wildman–Crippen LogP) is 3.27. The van der Waals surface area contributed by atoms with Crippen molar-refractivity contribution in [2.45, 2.75) is 45.9 Å². The smallest absolute Gasteiger partial charge is 0.172 e. The van der Waals surface area contributed by atoms with Gasteiger partial charge in [-0.05, 0) is 44.9 Å². The first-order valence-corrected chi connectivity index (χ1v) is 7.52. The van der Waals surface area contributed by atoms with Gasteiger partial charge in [-0.3, -0.25) is 0 Å². The van der Waals surface area contributed by atoms with Crippen molar-refractivity contribution in [2.24, 2.45) is 0 Å². The van der Waals surface area contributed by atoms with Crippen LogP contribution in [0.25, 0.3) is 0 Å². The SMILES string of the molecule is CCCNC(Cc1ccc(F)cc1F)C(OCC)OCC. The molecule has 5 heteroatoms. The van der Waals surface area contributed by atoms with Crippen molar-refractivity contribution in [1.82, 2.24) is 5.32 Å². The van der Waals surface area contributed by atoms with Gasteiger partial charge in [0, 0.05) is 19.3 Å². The van der Waals surface area contributed by atoms with Crippen molar-refractivity contribution in [3.8, 4) is 0 Å². The monoisotopic (exact) mass is 301 g/mol. The summed E-state index contributed by atoms with van der Waals surface area (Å²) in [4.78, 5) is 0. The molecule has 0 saturated carbocycles. The topological polar surface area (TPSA) is 30.5 Å². The van der Waals surface area contributed by atoms with Crippen LogP contribution < -0.4 is 5.32 Å². The highest BCUT2D eigenvalue weighted by Crippen LogP contribution is 2.15. The molecule has 0 aliphatic rings. The maximum absolute atomic E-state index is 13.8. The third-order valence-electron chi connectivity index (χ3n) is 3.10. The van der Waals surface area contributed by atoms with Crippen LogP contribution in [0.15, 0.2) is 18.2 Å². The number of rotatable bonds is 10. The van der Waals surface area contributed by atoms with E-state index in [4.69, 9.17) is 9.47 Å². The highest BCUT2D eigenvalue weighted by atomic mass is 19.1. The molecule has 1 aromatic carbocycles. The molecule has 0 aromatic heterocycles. The van der Waals surface area contributed by atoms with Gasteiger partial charge in [0.05, 0.1) is 6.04 Å². The molecule has 3 nitrogen and oxygen atoms in total. The Hall–Kier alpha value is -1.04. The van der Waals surface area contributed by atoms with Crippen molar-refractivity contribution in [2.75, 3.05) is 19.8 Å². The lowest BCUT2D eigenvalue weighted by atomic mass is 10.0. The summed E-state index contributed by atoms with van der Waals surface area (Å²) in [6, 6.07) is 3.47. The van der Waals surface area contributed by atoms with E-state index in [1.54, 1.807) is 0 Å². The number of ether oxygens (including phenoxy) is 2. The molecule has 120 valence electrons. The number of hydrogen-bond donors (Lipinski definition) is 1. The van der Waals surface area contributed by atoms with E-state index in [2.05, 4.69) is 12.2 Å². The van der Waals surface area contributed by atoms with Gasteiger partial charge in [0.2, 0.25) is 0 Å². The zero-order valence-corrected chi connectivity index (χ0v) is 13.0. The molecule has 1 N–H and O–H groups in total. The van der Waals surface area contributed by atoms with Crippen LogP contribution in [0.4, 0.5) is 8.78 Å². The maximum atomic E-state index is 13.8. The van der Waals surface area contributed by atoms with Crippen molar-refractivity contribution in [1.29, 1.82) is 0 Å². The van der Waals surface area contributed by atoms with E-state index >= 15 is 0 Å². The van der Waals surface area contributed by atoms with Crippen LogP contribution in [0.5, 0.6) is 0 Å². The van der Waals surface area contributed by atoms with E-state index in [0.29, 0.717) is 25.2 Å². The van der Waals surface area contributed by atoms with Crippen LogP contribution in [0.3, 0.4) is 0 Å². The van der Waals surface area contributed by atoms with Gasteiger partial charge in [0.15, 0.2) is 6.29 Å². The van der Waals surface area contributed by atoms with Crippen molar-refractivity contribution >= 4 is 0 Å². The summed E-state index contributed by atoms with van der Waals surface area (Å²) in [5, 5.41) is 3.32. The molecule has 1 unspecified atom stereocenters. The Balaban J connectivity index is 2.84. The fourth-order valence-corrected chi connectivity index (χ4v) is 2.13. The summed E-state index contributed by atoms with van der Waals surface area (Å²) >= 11 is 0. The Bertz CT molecular complexity index is 409. The zero-order chi connectivity index (χ0) is 15.7. The Morgan fingerprint density at radius 3 is 2.29 bits per heavy atom. The van der Waals surface area contributed by atoms with Gasteiger partial charge in [-0.1, -0.05) is 13.0 Å². The lowest BCUT2D eigenvalue weighted by Gasteiger charge is -2.28. The average Bonchev–Trinajstić information content (AvgIpc) is 2.45. The third kappa shape index (κ3) is 6.08. The number of benzene rings is 1. The van der Waals surface area contributed by atoms with Crippen LogP contribution in [0.2, 0.25) is 0 Å². The molecule has 0 amide bonds. The molecule has 0 aliphatic carbocycles. The zero-order valence-electron chi connectivity index (χ0n) is 13.0. The van der Waals surface area contributed by atoms with Crippen LogP contribution in [-0.2, 0) is 15.9 Å². The fourth-order valence-electron chi connectivity index (χ4n) is 2.13. The van der Waals surface area contributed by atoms with Crippen molar-refractivity contribution < 1.29 is 18.3 Å². The minimum Gasteiger partial charge on any atom is -0.351 e. The first-order chi connectivity index (χ1) is 10.1. The third-order valence-corrected chi connectivity index (χ3v) is 3.10.